The molecule has 0 saturated heterocycles. The molecule has 2 nitrogen and oxygen atoms in total. The summed E-state index contributed by atoms with van der Waals surface area (Å²) in [4.78, 5) is 0. The summed E-state index contributed by atoms with van der Waals surface area (Å²) < 4.78 is 4.96. The van der Waals surface area contributed by atoms with E-state index in [2.05, 4.69) is 6.07 Å². The second-order valence-electron chi connectivity index (χ2n) is 2.29. The Morgan fingerprint density at radius 2 is 2.18 bits per heavy atom. The van der Waals surface area contributed by atoms with Gasteiger partial charge in [-0.05, 0) is 6.07 Å². The van der Waals surface area contributed by atoms with E-state index in [0.29, 0.717) is 5.56 Å². The zero-order chi connectivity index (χ0) is 7.68. The number of furan rings is 1. The van der Waals surface area contributed by atoms with E-state index < -0.39 is 0 Å². The summed E-state index contributed by atoms with van der Waals surface area (Å²) in [6.07, 6.45) is 3.23. The molecular formula is C9H5NO. The molecule has 0 unspecified atom stereocenters. The molecule has 0 atom stereocenters. The van der Waals surface area contributed by atoms with Gasteiger partial charge in [0.1, 0.15) is 0 Å². The Labute approximate surface area is 63.7 Å². The maximum Gasteiger partial charge on any atom is 0.0999 e. The summed E-state index contributed by atoms with van der Waals surface area (Å²) >= 11 is 0. The Kier molecular flexibility index (Phi) is 1.16. The van der Waals surface area contributed by atoms with E-state index in [-0.39, 0.29) is 0 Å². The first-order chi connectivity index (χ1) is 5.42. The first-order valence-corrected chi connectivity index (χ1v) is 3.27. The smallest absolute Gasteiger partial charge is 0.0999 e. The summed E-state index contributed by atoms with van der Waals surface area (Å²) in [5.74, 6) is 0. The van der Waals surface area contributed by atoms with Crippen LogP contribution in [0.4, 0.5) is 0 Å². The van der Waals surface area contributed by atoms with E-state index in [4.69, 9.17) is 9.68 Å². The summed E-state index contributed by atoms with van der Waals surface area (Å²) in [5, 5.41) is 10.5. The van der Waals surface area contributed by atoms with Crippen LogP contribution in [-0.2, 0) is 0 Å². The average molecular weight is 143 g/mol. The molecule has 0 spiro atoms. The van der Waals surface area contributed by atoms with Gasteiger partial charge in [0.05, 0.1) is 24.2 Å². The molecule has 0 N–H and O–H groups in total. The first kappa shape index (κ1) is 5.99. The fourth-order valence-corrected chi connectivity index (χ4v) is 1.09. The number of nitriles is 1. The zero-order valence-electron chi connectivity index (χ0n) is 5.74. The molecule has 11 heavy (non-hydrogen) atoms. The predicted molar refractivity (Wildman–Crippen MR) is 40.9 cm³/mol. The highest BCUT2D eigenvalue weighted by Crippen LogP contribution is 2.18. The lowest BCUT2D eigenvalue weighted by Gasteiger charge is -1.87. The van der Waals surface area contributed by atoms with Gasteiger partial charge in [-0.1, -0.05) is 12.1 Å². The minimum absolute atomic E-state index is 0.663. The van der Waals surface area contributed by atoms with Crippen molar-refractivity contribution in [3.05, 3.63) is 36.3 Å². The second kappa shape index (κ2) is 2.14. The molecule has 2 heteroatoms. The predicted octanol–water partition coefficient (Wildman–Crippen LogP) is 2.30. The monoisotopic (exact) mass is 143 g/mol. The van der Waals surface area contributed by atoms with Gasteiger partial charge in [-0.3, -0.25) is 0 Å². The molecule has 0 aliphatic rings. The van der Waals surface area contributed by atoms with Crippen molar-refractivity contribution in [2.45, 2.75) is 0 Å². The molecule has 1 aromatic carbocycles. The normalized spacial score (nSPS) is 9.73. The third-order valence-corrected chi connectivity index (χ3v) is 1.64. The molecule has 0 saturated carbocycles. The molecule has 0 amide bonds. The Morgan fingerprint density at radius 3 is 3.00 bits per heavy atom. The third-order valence-electron chi connectivity index (χ3n) is 1.64. The van der Waals surface area contributed by atoms with Crippen LogP contribution in [0.2, 0.25) is 0 Å². The van der Waals surface area contributed by atoms with Crippen molar-refractivity contribution in [1.29, 1.82) is 5.26 Å². The van der Waals surface area contributed by atoms with Gasteiger partial charge in [0.25, 0.3) is 0 Å². The van der Waals surface area contributed by atoms with Crippen molar-refractivity contribution in [1.82, 2.24) is 0 Å². The largest absolute Gasteiger partial charge is 0.471 e. The van der Waals surface area contributed by atoms with Crippen molar-refractivity contribution in [3.8, 4) is 6.07 Å². The van der Waals surface area contributed by atoms with Crippen molar-refractivity contribution in [3.63, 3.8) is 0 Å². The zero-order valence-corrected chi connectivity index (χ0v) is 5.74. The molecule has 0 bridgehead atoms. The highest BCUT2D eigenvalue weighted by molar-refractivity contribution is 5.86. The molecule has 0 fully saturated rings. The maximum absolute atomic E-state index is 8.66. The molecule has 0 radical (unpaired) electrons. The molecule has 1 aromatic heterocycles. The minimum Gasteiger partial charge on any atom is -0.471 e. The van der Waals surface area contributed by atoms with E-state index in [1.54, 1.807) is 18.6 Å². The molecule has 0 aliphatic carbocycles. The standard InChI is InChI=1S/C9H5NO/c10-4-7-2-1-3-8-5-11-6-9(7)8/h1-3,5-6H. The van der Waals surface area contributed by atoms with E-state index in [1.807, 2.05) is 12.1 Å². The molecule has 0 aliphatic heterocycles. The number of hydrogen-bond acceptors (Lipinski definition) is 2. The van der Waals surface area contributed by atoms with E-state index in [0.717, 1.165) is 10.8 Å². The van der Waals surface area contributed by atoms with Crippen LogP contribution < -0.4 is 0 Å². The van der Waals surface area contributed by atoms with Gasteiger partial charge < -0.3 is 4.42 Å². The van der Waals surface area contributed by atoms with E-state index >= 15 is 0 Å². The number of hydrogen-bond donors (Lipinski definition) is 0. The van der Waals surface area contributed by atoms with Crippen LogP contribution in [0, 0.1) is 11.3 Å². The Morgan fingerprint density at radius 1 is 1.27 bits per heavy atom. The minimum atomic E-state index is 0.663. The van der Waals surface area contributed by atoms with Crippen LogP contribution >= 0.6 is 0 Å². The van der Waals surface area contributed by atoms with Gasteiger partial charge in [0.15, 0.2) is 0 Å². The molecule has 52 valence electrons. The van der Waals surface area contributed by atoms with Gasteiger partial charge in [-0.2, -0.15) is 5.26 Å². The fourth-order valence-electron chi connectivity index (χ4n) is 1.09. The average Bonchev–Trinajstić information content (AvgIpc) is 2.50. The third kappa shape index (κ3) is 0.786. The van der Waals surface area contributed by atoms with E-state index in [9.17, 15) is 0 Å². The van der Waals surface area contributed by atoms with Gasteiger partial charge >= 0.3 is 0 Å². The van der Waals surface area contributed by atoms with Crippen LogP contribution in [0.3, 0.4) is 0 Å². The van der Waals surface area contributed by atoms with Crippen LogP contribution in [0.1, 0.15) is 5.56 Å². The molecule has 2 rings (SSSR count). The number of rotatable bonds is 0. The Bertz CT molecular complexity index is 422. The number of fused-ring (bicyclic) bond motifs is 1. The second-order valence-corrected chi connectivity index (χ2v) is 2.29. The van der Waals surface area contributed by atoms with Crippen molar-refractivity contribution >= 4 is 10.8 Å². The van der Waals surface area contributed by atoms with Gasteiger partial charge in [-0.25, -0.2) is 0 Å². The van der Waals surface area contributed by atoms with E-state index in [1.165, 1.54) is 0 Å². The van der Waals surface area contributed by atoms with Crippen molar-refractivity contribution in [2.24, 2.45) is 0 Å². The van der Waals surface area contributed by atoms with Crippen LogP contribution in [0.5, 0.6) is 0 Å². The topological polar surface area (TPSA) is 36.9 Å². The summed E-state index contributed by atoms with van der Waals surface area (Å²) in [5.41, 5.74) is 0.663. The summed E-state index contributed by atoms with van der Waals surface area (Å²) in [7, 11) is 0. The highest BCUT2D eigenvalue weighted by Gasteiger charge is 1.99. The number of benzene rings is 1. The van der Waals surface area contributed by atoms with Crippen LogP contribution in [-0.4, -0.2) is 0 Å². The quantitative estimate of drug-likeness (QED) is 0.567. The molecule has 2 aromatic rings. The molecule has 1 heterocycles. The Balaban J connectivity index is 2.92. The van der Waals surface area contributed by atoms with Gasteiger partial charge in [0, 0.05) is 10.8 Å². The summed E-state index contributed by atoms with van der Waals surface area (Å²) in [6, 6.07) is 7.63. The van der Waals surface area contributed by atoms with Gasteiger partial charge in [-0.15, -0.1) is 0 Å². The fraction of sp³-hybridized carbons (Fsp3) is 0. The Hall–Kier alpha value is -1.75. The van der Waals surface area contributed by atoms with Crippen LogP contribution in [0.25, 0.3) is 10.8 Å². The SMILES string of the molecule is N#Cc1cccc2cocc12. The summed E-state index contributed by atoms with van der Waals surface area (Å²) in [6.45, 7) is 0. The van der Waals surface area contributed by atoms with Crippen molar-refractivity contribution in [2.75, 3.05) is 0 Å². The lowest BCUT2D eigenvalue weighted by atomic mass is 10.1. The van der Waals surface area contributed by atoms with Gasteiger partial charge in [0.2, 0.25) is 0 Å². The lowest BCUT2D eigenvalue weighted by Crippen LogP contribution is -1.72. The lowest BCUT2D eigenvalue weighted by molar-refractivity contribution is 0.572. The maximum atomic E-state index is 8.66. The van der Waals surface area contributed by atoms with Crippen LogP contribution in [0.15, 0.2) is 35.1 Å². The molecular weight excluding hydrogens is 138 g/mol. The number of nitrogens with zero attached hydrogens (tertiary/aromatic N) is 1. The first-order valence-electron chi connectivity index (χ1n) is 3.27. The highest BCUT2D eigenvalue weighted by atomic mass is 16.3. The van der Waals surface area contributed by atoms with Crippen molar-refractivity contribution < 1.29 is 4.42 Å².